The lowest BCUT2D eigenvalue weighted by atomic mass is 10.0. The van der Waals surface area contributed by atoms with Gasteiger partial charge in [-0.1, -0.05) is 0 Å². The predicted octanol–water partition coefficient (Wildman–Crippen LogP) is 4.94. The van der Waals surface area contributed by atoms with Gasteiger partial charge in [-0.05, 0) is 30.3 Å². The molecule has 3 aromatic rings. The summed E-state index contributed by atoms with van der Waals surface area (Å²) in [5.74, 6) is -1.72. The SMILES string of the molecule is O=Cc1c(-c2ccc(F)cc2F)[nH]c2ccc(C(F)(F)F)cc12. The van der Waals surface area contributed by atoms with Gasteiger partial charge in [0, 0.05) is 28.1 Å². The van der Waals surface area contributed by atoms with Gasteiger partial charge >= 0.3 is 6.18 Å². The first-order valence-corrected chi connectivity index (χ1v) is 6.45. The second-order valence-corrected chi connectivity index (χ2v) is 4.91. The Balaban J connectivity index is 2.28. The first-order chi connectivity index (χ1) is 10.8. The number of carbonyl (C=O) groups excluding carboxylic acids is 1. The number of halogens is 5. The molecule has 118 valence electrons. The van der Waals surface area contributed by atoms with Crippen LogP contribution in [0.3, 0.4) is 0 Å². The van der Waals surface area contributed by atoms with E-state index in [0.29, 0.717) is 12.4 Å². The van der Waals surface area contributed by atoms with Crippen molar-refractivity contribution in [1.29, 1.82) is 0 Å². The summed E-state index contributed by atoms with van der Waals surface area (Å²) >= 11 is 0. The molecule has 3 rings (SSSR count). The zero-order chi connectivity index (χ0) is 16.8. The molecule has 0 radical (unpaired) electrons. The van der Waals surface area contributed by atoms with Gasteiger partial charge in [0.05, 0.1) is 11.3 Å². The Morgan fingerprint density at radius 2 is 1.74 bits per heavy atom. The number of nitrogens with one attached hydrogen (secondary N) is 1. The minimum Gasteiger partial charge on any atom is -0.354 e. The number of aromatic amines is 1. The summed E-state index contributed by atoms with van der Waals surface area (Å²) in [6, 6.07) is 5.60. The van der Waals surface area contributed by atoms with E-state index in [2.05, 4.69) is 4.98 Å². The lowest BCUT2D eigenvalue weighted by Crippen LogP contribution is -2.04. The number of rotatable bonds is 2. The number of aldehydes is 1. The summed E-state index contributed by atoms with van der Waals surface area (Å²) in [5, 5.41) is 0.0218. The number of hydrogen-bond donors (Lipinski definition) is 1. The van der Waals surface area contributed by atoms with Crippen molar-refractivity contribution in [3.63, 3.8) is 0 Å². The fourth-order valence-corrected chi connectivity index (χ4v) is 2.42. The Morgan fingerprint density at radius 1 is 1.00 bits per heavy atom. The average Bonchev–Trinajstić information content (AvgIpc) is 2.83. The van der Waals surface area contributed by atoms with Crippen LogP contribution in [0.25, 0.3) is 22.2 Å². The molecule has 0 saturated heterocycles. The molecule has 0 aliphatic rings. The molecule has 23 heavy (non-hydrogen) atoms. The molecule has 0 bridgehead atoms. The maximum Gasteiger partial charge on any atom is 0.416 e. The van der Waals surface area contributed by atoms with Crippen molar-refractivity contribution < 1.29 is 26.7 Å². The van der Waals surface area contributed by atoms with Gasteiger partial charge in [0.1, 0.15) is 11.6 Å². The Kier molecular flexibility index (Phi) is 3.43. The largest absolute Gasteiger partial charge is 0.416 e. The van der Waals surface area contributed by atoms with Gasteiger partial charge in [-0.15, -0.1) is 0 Å². The highest BCUT2D eigenvalue weighted by Crippen LogP contribution is 2.35. The highest BCUT2D eigenvalue weighted by Gasteiger charge is 2.31. The maximum atomic E-state index is 13.9. The van der Waals surface area contributed by atoms with Crippen LogP contribution in [0.5, 0.6) is 0 Å². The van der Waals surface area contributed by atoms with Crippen LogP contribution in [0.1, 0.15) is 15.9 Å². The Labute approximate surface area is 126 Å². The van der Waals surface area contributed by atoms with E-state index < -0.39 is 23.4 Å². The van der Waals surface area contributed by atoms with Crippen molar-refractivity contribution in [3.05, 3.63) is 59.2 Å². The third kappa shape index (κ3) is 2.58. The highest BCUT2D eigenvalue weighted by molar-refractivity contribution is 6.04. The van der Waals surface area contributed by atoms with Crippen LogP contribution in [0.2, 0.25) is 0 Å². The molecule has 7 heteroatoms. The van der Waals surface area contributed by atoms with Gasteiger partial charge in [0.15, 0.2) is 6.29 Å². The molecule has 0 unspecified atom stereocenters. The summed E-state index contributed by atoms with van der Waals surface area (Å²) in [6.07, 6.45) is -4.22. The van der Waals surface area contributed by atoms with Crippen molar-refractivity contribution in [2.45, 2.75) is 6.18 Å². The second kappa shape index (κ2) is 5.19. The number of H-pyrrole nitrogens is 1. The highest BCUT2D eigenvalue weighted by atomic mass is 19.4. The van der Waals surface area contributed by atoms with Gasteiger partial charge < -0.3 is 4.98 Å². The molecule has 2 aromatic carbocycles. The third-order valence-electron chi connectivity index (χ3n) is 3.48. The minimum atomic E-state index is -4.56. The van der Waals surface area contributed by atoms with E-state index >= 15 is 0 Å². The molecule has 0 spiro atoms. The number of aromatic nitrogens is 1. The molecular formula is C16H8F5NO. The van der Waals surface area contributed by atoms with Crippen molar-refractivity contribution in [1.82, 2.24) is 4.98 Å². The molecule has 0 aliphatic carbocycles. The molecule has 0 amide bonds. The van der Waals surface area contributed by atoms with Crippen LogP contribution in [0.15, 0.2) is 36.4 Å². The minimum absolute atomic E-state index is 0.00632. The van der Waals surface area contributed by atoms with Crippen LogP contribution in [-0.4, -0.2) is 11.3 Å². The van der Waals surface area contributed by atoms with Crippen molar-refractivity contribution in [3.8, 4) is 11.3 Å². The molecule has 1 N–H and O–H groups in total. The zero-order valence-corrected chi connectivity index (χ0v) is 11.3. The molecular weight excluding hydrogens is 317 g/mol. The number of benzene rings is 2. The Bertz CT molecular complexity index is 911. The van der Waals surface area contributed by atoms with Crippen LogP contribution < -0.4 is 0 Å². The predicted molar refractivity (Wildman–Crippen MR) is 74.0 cm³/mol. The Hall–Kier alpha value is -2.70. The van der Waals surface area contributed by atoms with E-state index in [0.717, 1.165) is 30.3 Å². The van der Waals surface area contributed by atoms with E-state index in [4.69, 9.17) is 0 Å². The lowest BCUT2D eigenvalue weighted by molar-refractivity contribution is -0.137. The van der Waals surface area contributed by atoms with Gasteiger partial charge in [0.2, 0.25) is 0 Å². The molecule has 0 saturated carbocycles. The maximum absolute atomic E-state index is 13.9. The van der Waals surface area contributed by atoms with Gasteiger partial charge in [-0.2, -0.15) is 13.2 Å². The zero-order valence-electron chi connectivity index (χ0n) is 11.3. The first-order valence-electron chi connectivity index (χ1n) is 6.45. The van der Waals surface area contributed by atoms with Gasteiger partial charge in [0.25, 0.3) is 0 Å². The molecule has 1 heterocycles. The summed E-state index contributed by atoms with van der Waals surface area (Å²) in [7, 11) is 0. The quantitative estimate of drug-likeness (QED) is 0.525. The van der Waals surface area contributed by atoms with Crippen molar-refractivity contribution in [2.75, 3.05) is 0 Å². The number of carbonyl (C=O) groups is 1. The number of hydrogen-bond acceptors (Lipinski definition) is 1. The summed E-state index contributed by atoms with van der Waals surface area (Å²) in [5.41, 5.74) is -0.876. The monoisotopic (exact) mass is 325 g/mol. The fourth-order valence-electron chi connectivity index (χ4n) is 2.42. The smallest absolute Gasteiger partial charge is 0.354 e. The molecule has 0 atom stereocenters. The average molecular weight is 325 g/mol. The standard InChI is InChI=1S/C16H8F5NO/c17-9-2-3-10(13(18)6-9)15-12(7-23)11-5-8(16(19,20)21)1-4-14(11)22-15/h1-7,22H. The summed E-state index contributed by atoms with van der Waals surface area (Å²) < 4.78 is 65.3. The molecule has 2 nitrogen and oxygen atoms in total. The number of fused-ring (bicyclic) bond motifs is 1. The van der Waals surface area contributed by atoms with E-state index in [9.17, 15) is 26.7 Å². The Morgan fingerprint density at radius 3 is 2.35 bits per heavy atom. The number of alkyl halides is 3. The van der Waals surface area contributed by atoms with Crippen molar-refractivity contribution in [2.24, 2.45) is 0 Å². The summed E-state index contributed by atoms with van der Waals surface area (Å²) in [4.78, 5) is 14.0. The van der Waals surface area contributed by atoms with Gasteiger partial charge in [-0.25, -0.2) is 8.78 Å². The first kappa shape index (κ1) is 15.2. The van der Waals surface area contributed by atoms with Crippen molar-refractivity contribution >= 4 is 17.2 Å². The van der Waals surface area contributed by atoms with E-state index in [-0.39, 0.29) is 27.7 Å². The third-order valence-corrected chi connectivity index (χ3v) is 3.48. The van der Waals surface area contributed by atoms with Gasteiger partial charge in [-0.3, -0.25) is 4.79 Å². The molecule has 0 fully saturated rings. The van der Waals surface area contributed by atoms with Crippen LogP contribution in [0, 0.1) is 11.6 Å². The van der Waals surface area contributed by atoms with Crippen LogP contribution in [0.4, 0.5) is 22.0 Å². The molecule has 0 aliphatic heterocycles. The van der Waals surface area contributed by atoms with Crippen LogP contribution >= 0.6 is 0 Å². The van der Waals surface area contributed by atoms with E-state index in [1.165, 1.54) is 0 Å². The van der Waals surface area contributed by atoms with E-state index in [1.54, 1.807) is 0 Å². The van der Waals surface area contributed by atoms with Crippen LogP contribution in [-0.2, 0) is 6.18 Å². The van der Waals surface area contributed by atoms with E-state index in [1.807, 2.05) is 0 Å². The topological polar surface area (TPSA) is 32.9 Å². The summed E-state index contributed by atoms with van der Waals surface area (Å²) in [6.45, 7) is 0. The fraction of sp³-hybridized carbons (Fsp3) is 0.0625. The second-order valence-electron chi connectivity index (χ2n) is 4.91. The lowest BCUT2D eigenvalue weighted by Gasteiger charge is -2.06. The molecule has 1 aromatic heterocycles. The normalized spacial score (nSPS) is 11.9.